The Bertz CT molecular complexity index is 193. The second-order valence-electron chi connectivity index (χ2n) is 4.64. The van der Waals surface area contributed by atoms with Crippen LogP contribution in [0.2, 0.25) is 0 Å². The lowest BCUT2D eigenvalue weighted by Gasteiger charge is -2.25. The van der Waals surface area contributed by atoms with E-state index in [9.17, 15) is 4.79 Å². The quantitative estimate of drug-likeness (QED) is 0.664. The van der Waals surface area contributed by atoms with Crippen molar-refractivity contribution >= 4 is 5.91 Å². The topological polar surface area (TPSA) is 64.4 Å². The van der Waals surface area contributed by atoms with E-state index in [0.29, 0.717) is 19.6 Å². The number of amides is 1. The minimum Gasteiger partial charge on any atom is -0.385 e. The van der Waals surface area contributed by atoms with Crippen molar-refractivity contribution in [3.8, 4) is 0 Å². The summed E-state index contributed by atoms with van der Waals surface area (Å²) in [6, 6.07) is -0.386. The van der Waals surface area contributed by atoms with Crippen LogP contribution in [0, 0.1) is 5.41 Å². The van der Waals surface area contributed by atoms with Crippen molar-refractivity contribution in [3.63, 3.8) is 0 Å². The second kappa shape index (κ2) is 6.80. The fourth-order valence-electron chi connectivity index (χ4n) is 1.11. The Morgan fingerprint density at radius 1 is 1.53 bits per heavy atom. The maximum Gasteiger partial charge on any atom is 0.236 e. The van der Waals surface area contributed by atoms with E-state index in [2.05, 4.69) is 19.2 Å². The van der Waals surface area contributed by atoms with Gasteiger partial charge in [0.05, 0.1) is 6.04 Å². The number of ether oxygens (including phenoxy) is 1. The highest BCUT2D eigenvalue weighted by Gasteiger charge is 2.20. The average Bonchev–Trinajstić information content (AvgIpc) is 2.22. The zero-order valence-corrected chi connectivity index (χ0v) is 10.3. The van der Waals surface area contributed by atoms with E-state index >= 15 is 0 Å². The van der Waals surface area contributed by atoms with Crippen molar-refractivity contribution in [2.75, 3.05) is 20.3 Å². The van der Waals surface area contributed by atoms with E-state index in [-0.39, 0.29) is 17.4 Å². The number of nitrogens with two attached hydrogens (primary N) is 1. The van der Waals surface area contributed by atoms with E-state index in [1.54, 1.807) is 7.11 Å². The third-order valence-corrected chi connectivity index (χ3v) is 2.50. The van der Waals surface area contributed by atoms with E-state index in [0.717, 1.165) is 6.42 Å². The highest BCUT2D eigenvalue weighted by Crippen LogP contribution is 2.18. The Labute approximate surface area is 92.6 Å². The number of hydrogen-bond acceptors (Lipinski definition) is 3. The van der Waals surface area contributed by atoms with Crippen LogP contribution < -0.4 is 11.1 Å². The predicted molar refractivity (Wildman–Crippen MR) is 61.6 cm³/mol. The monoisotopic (exact) mass is 216 g/mol. The van der Waals surface area contributed by atoms with Crippen LogP contribution in [-0.2, 0) is 9.53 Å². The predicted octanol–water partition coefficient (Wildman–Crippen LogP) is 0.903. The molecule has 1 atom stereocenters. The van der Waals surface area contributed by atoms with Gasteiger partial charge < -0.3 is 15.8 Å². The van der Waals surface area contributed by atoms with Crippen LogP contribution in [0.15, 0.2) is 0 Å². The highest BCUT2D eigenvalue weighted by molar-refractivity contribution is 5.81. The number of rotatable bonds is 7. The summed E-state index contributed by atoms with van der Waals surface area (Å²) in [5, 5.41) is 2.86. The number of methoxy groups -OCH3 is 1. The fourth-order valence-corrected chi connectivity index (χ4v) is 1.11. The van der Waals surface area contributed by atoms with Gasteiger partial charge in [0.25, 0.3) is 0 Å². The Morgan fingerprint density at radius 2 is 2.13 bits per heavy atom. The molecule has 1 amide bonds. The smallest absolute Gasteiger partial charge is 0.236 e. The number of carbonyl (C=O) groups excluding carboxylic acids is 1. The molecule has 4 heteroatoms. The van der Waals surface area contributed by atoms with Gasteiger partial charge in [0.2, 0.25) is 5.91 Å². The molecule has 0 aromatic rings. The molecule has 4 nitrogen and oxygen atoms in total. The van der Waals surface area contributed by atoms with Gasteiger partial charge in [-0.3, -0.25) is 4.79 Å². The molecule has 0 aromatic heterocycles. The van der Waals surface area contributed by atoms with Crippen molar-refractivity contribution in [3.05, 3.63) is 0 Å². The number of nitrogens with one attached hydrogen (secondary N) is 1. The second-order valence-corrected chi connectivity index (χ2v) is 4.64. The summed E-state index contributed by atoms with van der Waals surface area (Å²) in [4.78, 5) is 11.4. The van der Waals surface area contributed by atoms with Gasteiger partial charge in [-0.1, -0.05) is 20.8 Å². The first-order valence-electron chi connectivity index (χ1n) is 5.45. The molecule has 0 aliphatic rings. The number of hydrogen-bond donors (Lipinski definition) is 2. The van der Waals surface area contributed by atoms with Crippen molar-refractivity contribution < 1.29 is 9.53 Å². The van der Waals surface area contributed by atoms with Gasteiger partial charge in [-0.25, -0.2) is 0 Å². The van der Waals surface area contributed by atoms with Crippen LogP contribution in [0.1, 0.15) is 33.6 Å². The minimum atomic E-state index is -0.386. The van der Waals surface area contributed by atoms with Crippen molar-refractivity contribution in [2.45, 2.75) is 39.7 Å². The van der Waals surface area contributed by atoms with Crippen LogP contribution in [0.25, 0.3) is 0 Å². The van der Waals surface area contributed by atoms with Gasteiger partial charge in [0, 0.05) is 20.3 Å². The molecule has 0 aromatic carbocycles. The molecule has 0 fully saturated rings. The molecule has 0 unspecified atom stereocenters. The van der Waals surface area contributed by atoms with E-state index < -0.39 is 0 Å². The van der Waals surface area contributed by atoms with Crippen LogP contribution in [0.3, 0.4) is 0 Å². The highest BCUT2D eigenvalue weighted by atomic mass is 16.5. The van der Waals surface area contributed by atoms with Gasteiger partial charge in [-0.05, 0) is 18.3 Å². The first-order valence-corrected chi connectivity index (χ1v) is 5.45. The SMILES string of the molecule is CC[C@H](N)C(=O)NCC(C)(C)CCOC. The third-order valence-electron chi connectivity index (χ3n) is 2.50. The molecule has 15 heavy (non-hydrogen) atoms. The molecule has 0 spiro atoms. The number of carbonyl (C=O) groups is 1. The minimum absolute atomic E-state index is 0.0547. The summed E-state index contributed by atoms with van der Waals surface area (Å²) in [5.41, 5.74) is 5.66. The summed E-state index contributed by atoms with van der Waals surface area (Å²) in [6.45, 7) is 7.46. The Balaban J connectivity index is 3.86. The molecule has 0 heterocycles. The normalized spacial score (nSPS) is 13.7. The summed E-state index contributed by atoms with van der Waals surface area (Å²) < 4.78 is 5.02. The third kappa shape index (κ3) is 6.47. The van der Waals surface area contributed by atoms with E-state index in [4.69, 9.17) is 10.5 Å². The molecular weight excluding hydrogens is 192 g/mol. The maximum atomic E-state index is 11.4. The van der Waals surface area contributed by atoms with Crippen LogP contribution in [0.4, 0.5) is 0 Å². The first-order chi connectivity index (χ1) is 6.93. The van der Waals surface area contributed by atoms with Gasteiger partial charge in [-0.15, -0.1) is 0 Å². The van der Waals surface area contributed by atoms with Gasteiger partial charge in [0.1, 0.15) is 0 Å². The molecule has 0 bridgehead atoms. The lowest BCUT2D eigenvalue weighted by atomic mass is 9.89. The Kier molecular flexibility index (Phi) is 6.52. The lowest BCUT2D eigenvalue weighted by molar-refractivity contribution is -0.122. The largest absolute Gasteiger partial charge is 0.385 e. The van der Waals surface area contributed by atoms with Gasteiger partial charge >= 0.3 is 0 Å². The standard InChI is InChI=1S/C11H24N2O2/c1-5-9(12)10(14)13-8-11(2,3)6-7-15-4/h9H,5-8,12H2,1-4H3,(H,13,14)/t9-/m0/s1. The first kappa shape index (κ1) is 14.4. The summed E-state index contributed by atoms with van der Waals surface area (Å²) in [5.74, 6) is -0.0667. The molecule has 0 radical (unpaired) electrons. The molecule has 90 valence electrons. The van der Waals surface area contributed by atoms with E-state index in [1.807, 2.05) is 6.92 Å². The van der Waals surface area contributed by atoms with Gasteiger partial charge in [0.15, 0.2) is 0 Å². The zero-order chi connectivity index (χ0) is 11.9. The van der Waals surface area contributed by atoms with Crippen LogP contribution >= 0.6 is 0 Å². The summed E-state index contributed by atoms with van der Waals surface area (Å²) in [6.07, 6.45) is 1.59. The molecular formula is C11H24N2O2. The Hall–Kier alpha value is -0.610. The van der Waals surface area contributed by atoms with Crippen LogP contribution in [0.5, 0.6) is 0 Å². The van der Waals surface area contributed by atoms with Gasteiger partial charge in [-0.2, -0.15) is 0 Å². The van der Waals surface area contributed by atoms with Crippen molar-refractivity contribution in [2.24, 2.45) is 11.1 Å². The molecule has 0 aliphatic heterocycles. The molecule has 0 aliphatic carbocycles. The van der Waals surface area contributed by atoms with Crippen molar-refractivity contribution in [1.29, 1.82) is 0 Å². The molecule has 3 N–H and O–H groups in total. The fraction of sp³-hybridized carbons (Fsp3) is 0.909. The van der Waals surface area contributed by atoms with Crippen LogP contribution in [-0.4, -0.2) is 32.2 Å². The maximum absolute atomic E-state index is 11.4. The van der Waals surface area contributed by atoms with E-state index in [1.165, 1.54) is 0 Å². The van der Waals surface area contributed by atoms with Crippen molar-refractivity contribution in [1.82, 2.24) is 5.32 Å². The zero-order valence-electron chi connectivity index (χ0n) is 10.3. The lowest BCUT2D eigenvalue weighted by Crippen LogP contribution is -2.43. The summed E-state index contributed by atoms with van der Waals surface area (Å²) >= 11 is 0. The average molecular weight is 216 g/mol. The molecule has 0 saturated heterocycles. The summed E-state index contributed by atoms with van der Waals surface area (Å²) in [7, 11) is 1.68. The molecule has 0 rings (SSSR count). The Morgan fingerprint density at radius 3 is 2.60 bits per heavy atom. The molecule has 0 saturated carbocycles.